The zero-order chi connectivity index (χ0) is 23.8. The second kappa shape index (κ2) is 11.7. The lowest BCUT2D eigenvalue weighted by atomic mass is 10.3. The van der Waals surface area contributed by atoms with E-state index in [4.69, 9.17) is 9.47 Å². The molecule has 0 radical (unpaired) electrons. The van der Waals surface area contributed by atoms with Crippen molar-refractivity contribution in [1.82, 2.24) is 14.8 Å². The van der Waals surface area contributed by atoms with E-state index in [1.165, 1.54) is 11.8 Å². The van der Waals surface area contributed by atoms with Gasteiger partial charge in [-0.15, -0.1) is 10.2 Å². The molecule has 1 aromatic heterocycles. The molecule has 4 aromatic rings. The maximum absolute atomic E-state index is 12.5. The zero-order valence-corrected chi connectivity index (χ0v) is 20.9. The summed E-state index contributed by atoms with van der Waals surface area (Å²) in [5.41, 5.74) is 1.59. The molecule has 0 atom stereocenters. The lowest BCUT2D eigenvalue weighted by molar-refractivity contribution is -0.113. The van der Waals surface area contributed by atoms with E-state index in [0.717, 1.165) is 27.3 Å². The second-order valence-electron chi connectivity index (χ2n) is 7.11. The number of thioether (sulfide) groups is 1. The third-order valence-electron chi connectivity index (χ3n) is 4.68. The molecule has 34 heavy (non-hydrogen) atoms. The van der Waals surface area contributed by atoms with E-state index in [1.807, 2.05) is 90.4 Å². The van der Waals surface area contributed by atoms with Gasteiger partial charge in [0.05, 0.1) is 12.4 Å². The summed E-state index contributed by atoms with van der Waals surface area (Å²) in [7, 11) is 0. The van der Waals surface area contributed by atoms with E-state index in [2.05, 4.69) is 31.4 Å². The Balaban J connectivity index is 1.51. The fourth-order valence-corrected chi connectivity index (χ4v) is 4.16. The van der Waals surface area contributed by atoms with Crippen LogP contribution in [0.2, 0.25) is 0 Å². The zero-order valence-electron chi connectivity index (χ0n) is 18.5. The van der Waals surface area contributed by atoms with Crippen LogP contribution in [0.15, 0.2) is 88.5 Å². The molecular formula is C25H23BrN4O3S. The predicted octanol–water partition coefficient (Wildman–Crippen LogP) is 5.74. The minimum atomic E-state index is -0.129. The van der Waals surface area contributed by atoms with E-state index >= 15 is 0 Å². The molecule has 0 spiro atoms. The van der Waals surface area contributed by atoms with Crippen molar-refractivity contribution in [2.75, 3.05) is 17.7 Å². The molecule has 0 unspecified atom stereocenters. The summed E-state index contributed by atoms with van der Waals surface area (Å²) in [6, 6.07) is 24.7. The van der Waals surface area contributed by atoms with E-state index < -0.39 is 0 Å². The number of nitrogens with one attached hydrogen (secondary N) is 1. The molecule has 0 saturated carbocycles. The highest BCUT2D eigenvalue weighted by Crippen LogP contribution is 2.25. The van der Waals surface area contributed by atoms with Gasteiger partial charge in [0, 0.05) is 15.8 Å². The Morgan fingerprint density at radius 2 is 1.65 bits per heavy atom. The molecule has 0 aliphatic rings. The summed E-state index contributed by atoms with van der Waals surface area (Å²) in [6.07, 6.45) is 0. The maximum Gasteiger partial charge on any atom is 0.234 e. The van der Waals surface area contributed by atoms with Gasteiger partial charge in [0.2, 0.25) is 5.91 Å². The number of amides is 1. The van der Waals surface area contributed by atoms with Gasteiger partial charge in [-0.3, -0.25) is 9.36 Å². The minimum Gasteiger partial charge on any atom is -0.494 e. The standard InChI is InChI=1S/C25H23BrN4O3S/c1-2-32-22-14-12-20(13-15-22)30-23(16-33-21-6-4-3-5-7-21)28-29-25(30)34-17-24(31)27-19-10-8-18(26)9-11-19/h3-15H,2,16-17H2,1H3,(H,27,31). The Morgan fingerprint density at radius 1 is 0.941 bits per heavy atom. The van der Waals surface area contributed by atoms with Crippen LogP contribution < -0.4 is 14.8 Å². The van der Waals surface area contributed by atoms with E-state index in [-0.39, 0.29) is 18.3 Å². The number of para-hydroxylation sites is 1. The van der Waals surface area contributed by atoms with Crippen molar-refractivity contribution in [1.29, 1.82) is 0 Å². The second-order valence-corrected chi connectivity index (χ2v) is 8.96. The van der Waals surface area contributed by atoms with Crippen molar-refractivity contribution in [2.45, 2.75) is 18.7 Å². The number of aromatic nitrogens is 3. The Labute approximate surface area is 210 Å². The van der Waals surface area contributed by atoms with Gasteiger partial charge < -0.3 is 14.8 Å². The van der Waals surface area contributed by atoms with Gasteiger partial charge in [-0.1, -0.05) is 45.9 Å². The van der Waals surface area contributed by atoms with E-state index in [0.29, 0.717) is 17.6 Å². The van der Waals surface area contributed by atoms with Crippen molar-refractivity contribution < 1.29 is 14.3 Å². The molecular weight excluding hydrogens is 516 g/mol. The average Bonchev–Trinajstić information content (AvgIpc) is 3.27. The highest BCUT2D eigenvalue weighted by Gasteiger charge is 2.17. The molecule has 4 rings (SSSR count). The van der Waals surface area contributed by atoms with Crippen LogP contribution in [-0.4, -0.2) is 33.0 Å². The normalized spacial score (nSPS) is 10.6. The Bertz CT molecular complexity index is 1220. The summed E-state index contributed by atoms with van der Waals surface area (Å²) in [5, 5.41) is 12.2. The minimum absolute atomic E-state index is 0.129. The average molecular weight is 539 g/mol. The predicted molar refractivity (Wildman–Crippen MR) is 137 cm³/mol. The summed E-state index contributed by atoms with van der Waals surface area (Å²) in [4.78, 5) is 12.5. The summed E-state index contributed by atoms with van der Waals surface area (Å²) in [5.74, 6) is 2.21. The van der Waals surface area contributed by atoms with Gasteiger partial charge in [-0.05, 0) is 67.6 Å². The van der Waals surface area contributed by atoms with Crippen LogP contribution in [0.3, 0.4) is 0 Å². The number of rotatable bonds is 10. The first-order chi connectivity index (χ1) is 16.6. The van der Waals surface area contributed by atoms with Crippen LogP contribution in [0, 0.1) is 0 Å². The van der Waals surface area contributed by atoms with Crippen LogP contribution in [0.25, 0.3) is 5.69 Å². The first-order valence-corrected chi connectivity index (χ1v) is 12.4. The number of nitrogens with zero attached hydrogens (tertiary/aromatic N) is 3. The molecule has 1 heterocycles. The van der Waals surface area contributed by atoms with Crippen LogP contribution in [-0.2, 0) is 11.4 Å². The number of halogens is 1. The fourth-order valence-electron chi connectivity index (χ4n) is 3.13. The van der Waals surface area contributed by atoms with Crippen molar-refractivity contribution >= 4 is 39.3 Å². The highest BCUT2D eigenvalue weighted by molar-refractivity contribution is 9.10. The Morgan fingerprint density at radius 3 is 2.35 bits per heavy atom. The Hall–Kier alpha value is -3.30. The van der Waals surface area contributed by atoms with Crippen molar-refractivity contribution in [3.05, 3.63) is 89.2 Å². The van der Waals surface area contributed by atoms with Crippen molar-refractivity contribution in [3.63, 3.8) is 0 Å². The third kappa shape index (κ3) is 6.39. The number of anilines is 1. The lowest BCUT2D eigenvalue weighted by Gasteiger charge is -2.12. The number of carbonyl (C=O) groups is 1. The molecule has 7 nitrogen and oxygen atoms in total. The molecule has 3 aromatic carbocycles. The van der Waals surface area contributed by atoms with Gasteiger partial charge in [-0.25, -0.2) is 0 Å². The molecule has 0 saturated heterocycles. The topological polar surface area (TPSA) is 78.3 Å². The molecule has 0 bridgehead atoms. The highest BCUT2D eigenvalue weighted by atomic mass is 79.9. The van der Waals surface area contributed by atoms with Crippen LogP contribution in [0.1, 0.15) is 12.7 Å². The van der Waals surface area contributed by atoms with Gasteiger partial charge in [-0.2, -0.15) is 0 Å². The molecule has 9 heteroatoms. The van der Waals surface area contributed by atoms with Crippen molar-refractivity contribution in [2.24, 2.45) is 0 Å². The summed E-state index contributed by atoms with van der Waals surface area (Å²) >= 11 is 4.70. The van der Waals surface area contributed by atoms with Gasteiger partial charge >= 0.3 is 0 Å². The number of benzene rings is 3. The van der Waals surface area contributed by atoms with Crippen LogP contribution in [0.4, 0.5) is 5.69 Å². The molecule has 1 amide bonds. The van der Waals surface area contributed by atoms with Gasteiger partial charge in [0.25, 0.3) is 0 Å². The SMILES string of the molecule is CCOc1ccc(-n2c(COc3ccccc3)nnc2SCC(=O)Nc2ccc(Br)cc2)cc1. The number of hydrogen-bond acceptors (Lipinski definition) is 6. The lowest BCUT2D eigenvalue weighted by Crippen LogP contribution is -2.14. The first-order valence-electron chi connectivity index (χ1n) is 10.7. The van der Waals surface area contributed by atoms with Crippen LogP contribution in [0.5, 0.6) is 11.5 Å². The largest absolute Gasteiger partial charge is 0.494 e. The third-order valence-corrected chi connectivity index (χ3v) is 6.14. The summed E-state index contributed by atoms with van der Waals surface area (Å²) in [6.45, 7) is 2.77. The fraction of sp³-hybridized carbons (Fsp3) is 0.160. The summed E-state index contributed by atoms with van der Waals surface area (Å²) < 4.78 is 14.3. The molecule has 174 valence electrons. The molecule has 0 aliphatic carbocycles. The first kappa shape index (κ1) is 23.8. The smallest absolute Gasteiger partial charge is 0.234 e. The maximum atomic E-state index is 12.5. The van der Waals surface area contributed by atoms with E-state index in [9.17, 15) is 4.79 Å². The van der Waals surface area contributed by atoms with E-state index in [1.54, 1.807) is 0 Å². The Kier molecular flexibility index (Phi) is 8.21. The molecule has 1 N–H and O–H groups in total. The van der Waals surface area contributed by atoms with Gasteiger partial charge in [0.1, 0.15) is 18.1 Å². The monoisotopic (exact) mass is 538 g/mol. The number of carbonyl (C=O) groups excluding carboxylic acids is 1. The van der Waals surface area contributed by atoms with Gasteiger partial charge in [0.15, 0.2) is 11.0 Å². The molecule has 0 fully saturated rings. The van der Waals surface area contributed by atoms with Crippen molar-refractivity contribution in [3.8, 4) is 17.2 Å². The number of ether oxygens (including phenoxy) is 2. The van der Waals surface area contributed by atoms with Crippen LogP contribution >= 0.6 is 27.7 Å². The molecule has 0 aliphatic heterocycles. The number of hydrogen-bond donors (Lipinski definition) is 1. The quantitative estimate of drug-likeness (QED) is 0.259.